The lowest BCUT2D eigenvalue weighted by atomic mass is 9.83. The van der Waals surface area contributed by atoms with Gasteiger partial charge in [0.15, 0.2) is 0 Å². The number of carbonyl (C=O) groups excluding carboxylic acids is 2. The average molecular weight is 429 g/mol. The third-order valence-corrected chi connectivity index (χ3v) is 5.81. The van der Waals surface area contributed by atoms with Crippen LogP contribution in [0.15, 0.2) is 42.5 Å². The Morgan fingerprint density at radius 2 is 1.90 bits per heavy atom. The van der Waals surface area contributed by atoms with Crippen LogP contribution < -0.4 is 10.1 Å². The van der Waals surface area contributed by atoms with Crippen molar-refractivity contribution in [3.05, 3.63) is 69.5 Å². The minimum atomic E-state index is -1.17. The molecular weight excluding hydrogens is 405 g/mol. The maximum atomic E-state index is 13.3. The zero-order valence-corrected chi connectivity index (χ0v) is 17.6. The van der Waals surface area contributed by atoms with E-state index in [0.29, 0.717) is 12.0 Å². The second-order valence-corrected chi connectivity index (χ2v) is 7.58. The van der Waals surface area contributed by atoms with Crippen LogP contribution in [0.3, 0.4) is 0 Å². The molecule has 31 heavy (non-hydrogen) atoms. The number of carbonyl (C=O) groups is 2. The van der Waals surface area contributed by atoms with Crippen molar-refractivity contribution >= 4 is 17.5 Å². The fourth-order valence-electron chi connectivity index (χ4n) is 4.01. The average Bonchev–Trinajstić information content (AvgIpc) is 2.76. The molecule has 0 spiro atoms. The van der Waals surface area contributed by atoms with Gasteiger partial charge in [-0.15, -0.1) is 0 Å². The molecule has 2 amide bonds. The van der Waals surface area contributed by atoms with Gasteiger partial charge in [0.05, 0.1) is 17.6 Å². The van der Waals surface area contributed by atoms with Crippen molar-refractivity contribution in [2.45, 2.75) is 37.8 Å². The molecule has 2 atom stereocenters. The van der Waals surface area contributed by atoms with E-state index >= 15 is 0 Å². The van der Waals surface area contributed by atoms with Gasteiger partial charge in [0.25, 0.3) is 5.69 Å². The summed E-state index contributed by atoms with van der Waals surface area (Å²) in [5.41, 5.74) is -0.388. The number of nitro groups is 1. The zero-order valence-electron chi connectivity index (χ0n) is 17.6. The van der Waals surface area contributed by atoms with E-state index in [2.05, 4.69) is 5.32 Å². The van der Waals surface area contributed by atoms with Crippen LogP contribution in [0.2, 0.25) is 0 Å². The molecule has 8 nitrogen and oxygen atoms in total. The van der Waals surface area contributed by atoms with Crippen LogP contribution in [-0.2, 0) is 22.4 Å². The van der Waals surface area contributed by atoms with Crippen LogP contribution in [0.4, 0.5) is 10.1 Å². The standard InChI is InChI=1S/C22H24FN3O5/c1-4-22(13-14-8-10-15(23)11-9-14)21(28)25(2)18(20(27)24-22)12-16-17(26(29)30)6-5-7-19(16)31-3/h5-11,18H,4,12-13H2,1-3H3,(H,24,27). The van der Waals surface area contributed by atoms with Crippen LogP contribution in [-0.4, -0.2) is 47.4 Å². The molecule has 1 heterocycles. The summed E-state index contributed by atoms with van der Waals surface area (Å²) in [4.78, 5) is 38.7. The molecule has 1 fully saturated rings. The number of piperazine rings is 1. The number of nitrogens with one attached hydrogen (secondary N) is 1. The molecule has 3 rings (SSSR count). The van der Waals surface area contributed by atoms with Crippen molar-refractivity contribution in [3.63, 3.8) is 0 Å². The molecule has 1 aliphatic heterocycles. The van der Waals surface area contributed by atoms with Crippen molar-refractivity contribution < 1.29 is 23.6 Å². The topological polar surface area (TPSA) is 102 Å². The maximum Gasteiger partial charge on any atom is 0.276 e. The first-order valence-electron chi connectivity index (χ1n) is 9.86. The molecule has 0 aliphatic carbocycles. The first-order valence-corrected chi connectivity index (χ1v) is 9.86. The van der Waals surface area contributed by atoms with Crippen LogP contribution in [0.25, 0.3) is 0 Å². The Morgan fingerprint density at radius 3 is 2.48 bits per heavy atom. The lowest BCUT2D eigenvalue weighted by Crippen LogP contribution is -2.70. The molecular formula is C22H24FN3O5. The predicted molar refractivity (Wildman–Crippen MR) is 111 cm³/mol. The van der Waals surface area contributed by atoms with Gasteiger partial charge in [0.1, 0.15) is 23.1 Å². The third kappa shape index (κ3) is 4.21. The number of amides is 2. The monoisotopic (exact) mass is 429 g/mol. The van der Waals surface area contributed by atoms with Crippen molar-refractivity contribution in [2.75, 3.05) is 14.2 Å². The Morgan fingerprint density at radius 1 is 1.23 bits per heavy atom. The van der Waals surface area contributed by atoms with Crippen molar-refractivity contribution in [1.82, 2.24) is 10.2 Å². The van der Waals surface area contributed by atoms with E-state index in [1.54, 1.807) is 25.1 Å². The van der Waals surface area contributed by atoms with Gasteiger partial charge in [0.2, 0.25) is 11.8 Å². The highest BCUT2D eigenvalue weighted by molar-refractivity contribution is 6.00. The maximum absolute atomic E-state index is 13.3. The lowest BCUT2D eigenvalue weighted by molar-refractivity contribution is -0.385. The fourth-order valence-corrected chi connectivity index (χ4v) is 4.01. The van der Waals surface area contributed by atoms with E-state index in [1.807, 2.05) is 0 Å². The van der Waals surface area contributed by atoms with Crippen LogP contribution >= 0.6 is 0 Å². The normalized spacial score (nSPS) is 21.0. The molecule has 0 saturated carbocycles. The first-order chi connectivity index (χ1) is 14.7. The summed E-state index contributed by atoms with van der Waals surface area (Å²) in [6, 6.07) is 9.26. The van der Waals surface area contributed by atoms with Gasteiger partial charge >= 0.3 is 0 Å². The second kappa shape index (κ2) is 8.71. The second-order valence-electron chi connectivity index (χ2n) is 7.58. The van der Waals surface area contributed by atoms with E-state index in [9.17, 15) is 24.1 Å². The Balaban J connectivity index is 1.91. The number of hydrogen-bond acceptors (Lipinski definition) is 5. The number of hydrogen-bond donors (Lipinski definition) is 1. The predicted octanol–water partition coefficient (Wildman–Crippen LogP) is 2.63. The molecule has 0 aromatic heterocycles. The number of ether oxygens (including phenoxy) is 1. The Bertz CT molecular complexity index is 1010. The molecule has 0 radical (unpaired) electrons. The van der Waals surface area contributed by atoms with Gasteiger partial charge in [-0.05, 0) is 30.2 Å². The summed E-state index contributed by atoms with van der Waals surface area (Å²) in [6.45, 7) is 1.79. The van der Waals surface area contributed by atoms with E-state index in [0.717, 1.165) is 0 Å². The number of likely N-dealkylation sites (N-methyl/N-ethyl adjacent to an activating group) is 1. The van der Waals surface area contributed by atoms with E-state index < -0.39 is 22.4 Å². The summed E-state index contributed by atoms with van der Waals surface area (Å²) in [5, 5.41) is 14.3. The van der Waals surface area contributed by atoms with Crippen molar-refractivity contribution in [1.29, 1.82) is 0 Å². The summed E-state index contributed by atoms with van der Waals surface area (Å²) in [5.74, 6) is -0.821. The minimum Gasteiger partial charge on any atom is -0.496 e. The van der Waals surface area contributed by atoms with Gasteiger partial charge in [-0.3, -0.25) is 19.7 Å². The highest BCUT2D eigenvalue weighted by Crippen LogP contribution is 2.32. The van der Waals surface area contributed by atoms with Gasteiger partial charge in [0, 0.05) is 26.0 Å². The molecule has 0 bridgehead atoms. The number of halogens is 1. The van der Waals surface area contributed by atoms with Crippen LogP contribution in [0.5, 0.6) is 5.75 Å². The largest absolute Gasteiger partial charge is 0.496 e. The number of rotatable bonds is 7. The minimum absolute atomic E-state index is 0.0647. The Kier molecular flexibility index (Phi) is 6.24. The number of methoxy groups -OCH3 is 1. The fraction of sp³-hybridized carbons (Fsp3) is 0.364. The third-order valence-electron chi connectivity index (χ3n) is 5.81. The number of nitro benzene ring substituents is 1. The van der Waals surface area contributed by atoms with E-state index in [-0.39, 0.29) is 41.6 Å². The van der Waals surface area contributed by atoms with Crippen molar-refractivity contribution in [2.24, 2.45) is 0 Å². The lowest BCUT2D eigenvalue weighted by Gasteiger charge is -2.44. The van der Waals surface area contributed by atoms with Crippen LogP contribution in [0, 0.1) is 15.9 Å². The molecule has 164 valence electrons. The Hall–Kier alpha value is -3.49. The smallest absolute Gasteiger partial charge is 0.276 e. The quantitative estimate of drug-likeness (QED) is 0.539. The SMILES string of the molecule is CCC1(Cc2ccc(F)cc2)NC(=O)C(Cc2c(OC)cccc2[N+](=O)[O-])N(C)C1=O. The summed E-state index contributed by atoms with van der Waals surface area (Å²) < 4.78 is 18.5. The summed E-state index contributed by atoms with van der Waals surface area (Å²) >= 11 is 0. The summed E-state index contributed by atoms with van der Waals surface area (Å²) in [7, 11) is 2.91. The molecule has 1 N–H and O–H groups in total. The van der Waals surface area contributed by atoms with Gasteiger partial charge in [-0.2, -0.15) is 0 Å². The number of nitrogens with zero attached hydrogens (tertiary/aromatic N) is 2. The van der Waals surface area contributed by atoms with E-state index in [4.69, 9.17) is 4.74 Å². The Labute approximate surface area is 179 Å². The van der Waals surface area contributed by atoms with Crippen LogP contribution in [0.1, 0.15) is 24.5 Å². The molecule has 2 aromatic rings. The molecule has 2 unspecified atom stereocenters. The molecule has 2 aromatic carbocycles. The molecule has 9 heteroatoms. The number of benzene rings is 2. The highest BCUT2D eigenvalue weighted by Gasteiger charge is 2.49. The molecule has 1 saturated heterocycles. The molecule has 1 aliphatic rings. The van der Waals surface area contributed by atoms with Gasteiger partial charge in [-0.25, -0.2) is 4.39 Å². The summed E-state index contributed by atoms with van der Waals surface area (Å²) in [6.07, 6.45) is 0.478. The van der Waals surface area contributed by atoms with E-state index in [1.165, 1.54) is 43.3 Å². The van der Waals surface area contributed by atoms with Crippen molar-refractivity contribution in [3.8, 4) is 5.75 Å². The first kappa shape index (κ1) is 22.2. The van der Waals surface area contributed by atoms with Gasteiger partial charge < -0.3 is 15.0 Å². The van der Waals surface area contributed by atoms with Gasteiger partial charge in [-0.1, -0.05) is 25.1 Å². The zero-order chi connectivity index (χ0) is 22.8. The highest BCUT2D eigenvalue weighted by atomic mass is 19.1.